The van der Waals surface area contributed by atoms with Crippen LogP contribution in [0.5, 0.6) is 0 Å². The van der Waals surface area contributed by atoms with Crippen LogP contribution in [0.3, 0.4) is 0 Å². The van der Waals surface area contributed by atoms with Gasteiger partial charge in [0.1, 0.15) is 6.04 Å². The molecule has 0 spiro atoms. The molecule has 1 aromatic heterocycles. The smallest absolute Gasteiger partial charge is 0.248 e. The summed E-state index contributed by atoms with van der Waals surface area (Å²) in [4.78, 5) is 16.5. The second-order valence-corrected chi connectivity index (χ2v) is 6.79. The molecule has 1 aromatic carbocycles. The first-order valence-corrected chi connectivity index (χ1v) is 7.69. The van der Waals surface area contributed by atoms with Crippen molar-refractivity contribution in [2.75, 3.05) is 0 Å². The summed E-state index contributed by atoms with van der Waals surface area (Å²) < 4.78 is 5.25. The fourth-order valence-electron chi connectivity index (χ4n) is 2.05. The van der Waals surface area contributed by atoms with Crippen LogP contribution >= 0.6 is 12.4 Å². The lowest BCUT2D eigenvalue weighted by Gasteiger charge is -2.26. The van der Waals surface area contributed by atoms with Crippen LogP contribution in [0.4, 0.5) is 0 Å². The highest BCUT2D eigenvalue weighted by Gasteiger charge is 2.29. The molecule has 1 unspecified atom stereocenters. The highest BCUT2D eigenvalue weighted by Crippen LogP contribution is 2.19. The third kappa shape index (κ3) is 5.32. The van der Waals surface area contributed by atoms with Crippen molar-refractivity contribution in [1.29, 1.82) is 0 Å². The maximum atomic E-state index is 12.1. The van der Waals surface area contributed by atoms with E-state index in [4.69, 9.17) is 10.3 Å². The van der Waals surface area contributed by atoms with Crippen LogP contribution in [-0.4, -0.2) is 22.1 Å². The number of amides is 1. The van der Waals surface area contributed by atoms with Gasteiger partial charge in [-0.1, -0.05) is 56.3 Å². The van der Waals surface area contributed by atoms with Gasteiger partial charge in [0.05, 0.1) is 6.04 Å². The summed E-state index contributed by atoms with van der Waals surface area (Å²) in [6, 6.07) is 8.92. The van der Waals surface area contributed by atoms with Crippen molar-refractivity contribution in [3.63, 3.8) is 0 Å². The van der Waals surface area contributed by atoms with Crippen LogP contribution in [-0.2, 0) is 11.2 Å². The molecule has 24 heavy (non-hydrogen) atoms. The van der Waals surface area contributed by atoms with Crippen molar-refractivity contribution in [2.24, 2.45) is 11.1 Å². The largest absolute Gasteiger partial charge is 0.343 e. The first-order chi connectivity index (χ1) is 10.8. The van der Waals surface area contributed by atoms with Gasteiger partial charge >= 0.3 is 0 Å². The van der Waals surface area contributed by atoms with Crippen LogP contribution < -0.4 is 11.1 Å². The van der Waals surface area contributed by atoms with E-state index >= 15 is 0 Å². The minimum absolute atomic E-state index is 0. The molecule has 132 valence electrons. The summed E-state index contributed by atoms with van der Waals surface area (Å²) in [5.74, 6) is 0.741. The average Bonchev–Trinajstić information content (AvgIpc) is 2.95. The molecule has 1 heterocycles. The molecule has 2 rings (SSSR count). The van der Waals surface area contributed by atoms with Crippen molar-refractivity contribution < 1.29 is 9.32 Å². The van der Waals surface area contributed by atoms with Gasteiger partial charge < -0.3 is 15.6 Å². The highest BCUT2D eigenvalue weighted by molar-refractivity contribution is 5.85. The average molecular weight is 353 g/mol. The van der Waals surface area contributed by atoms with Crippen LogP contribution in [0.15, 0.2) is 34.9 Å². The Kier molecular flexibility index (Phi) is 6.93. The minimum Gasteiger partial charge on any atom is -0.343 e. The number of carbonyl (C=O) groups excluding carboxylic acids is 1. The number of halogens is 1. The Morgan fingerprint density at radius 1 is 1.29 bits per heavy atom. The minimum atomic E-state index is -0.600. The second kappa shape index (κ2) is 8.26. The number of hydrogen-bond donors (Lipinski definition) is 2. The van der Waals surface area contributed by atoms with Crippen molar-refractivity contribution in [3.05, 3.63) is 47.6 Å². The second-order valence-electron chi connectivity index (χ2n) is 6.79. The van der Waals surface area contributed by atoms with Gasteiger partial charge in [0, 0.05) is 6.42 Å². The van der Waals surface area contributed by atoms with Crippen molar-refractivity contribution in [2.45, 2.75) is 46.2 Å². The standard InChI is InChI=1S/C17H24N4O2.ClH/c1-11(19-15(22)14(18)17(2,3)4)16-20-13(21-23-16)10-12-8-6-5-7-9-12;/h5-9,11,14H,10,18H2,1-4H3,(H,19,22);1H/t11?,14-;/m1./s1. The summed E-state index contributed by atoms with van der Waals surface area (Å²) >= 11 is 0. The quantitative estimate of drug-likeness (QED) is 0.862. The van der Waals surface area contributed by atoms with Crippen LogP contribution in [0, 0.1) is 5.41 Å². The van der Waals surface area contributed by atoms with E-state index in [2.05, 4.69) is 15.5 Å². The van der Waals surface area contributed by atoms with Gasteiger partial charge in [-0.05, 0) is 17.9 Å². The van der Waals surface area contributed by atoms with E-state index in [1.165, 1.54) is 0 Å². The molecule has 0 aliphatic rings. The number of rotatable bonds is 5. The SMILES string of the molecule is CC(NC(=O)[C@@H](N)C(C)(C)C)c1nc(Cc2ccccc2)no1.Cl. The molecule has 3 N–H and O–H groups in total. The normalized spacial score (nSPS) is 13.7. The predicted molar refractivity (Wildman–Crippen MR) is 94.8 cm³/mol. The fraction of sp³-hybridized carbons (Fsp3) is 0.471. The fourth-order valence-corrected chi connectivity index (χ4v) is 2.05. The Morgan fingerprint density at radius 2 is 1.92 bits per heavy atom. The van der Waals surface area contributed by atoms with E-state index in [-0.39, 0.29) is 29.8 Å². The zero-order chi connectivity index (χ0) is 17.0. The number of nitrogens with zero attached hydrogens (tertiary/aromatic N) is 2. The van der Waals surface area contributed by atoms with Gasteiger partial charge in [0.15, 0.2) is 5.82 Å². The highest BCUT2D eigenvalue weighted by atomic mass is 35.5. The van der Waals surface area contributed by atoms with Crippen molar-refractivity contribution in [3.8, 4) is 0 Å². The van der Waals surface area contributed by atoms with Crippen LogP contribution in [0.2, 0.25) is 0 Å². The number of carbonyl (C=O) groups is 1. The molecule has 1 amide bonds. The third-order valence-corrected chi connectivity index (χ3v) is 3.63. The van der Waals surface area contributed by atoms with E-state index in [9.17, 15) is 4.79 Å². The monoisotopic (exact) mass is 352 g/mol. The molecule has 0 radical (unpaired) electrons. The summed E-state index contributed by atoms with van der Waals surface area (Å²) in [7, 11) is 0. The zero-order valence-corrected chi connectivity index (χ0v) is 15.3. The molecular formula is C17H25ClN4O2. The summed E-state index contributed by atoms with van der Waals surface area (Å²) in [5, 5.41) is 6.78. The van der Waals surface area contributed by atoms with Crippen molar-refractivity contribution >= 4 is 18.3 Å². The number of nitrogens with two attached hydrogens (primary N) is 1. The molecule has 0 bridgehead atoms. The lowest BCUT2D eigenvalue weighted by Crippen LogP contribution is -2.49. The Hall–Kier alpha value is -1.92. The van der Waals surface area contributed by atoms with Gasteiger partial charge in [-0.2, -0.15) is 4.98 Å². The number of aromatic nitrogens is 2. The summed E-state index contributed by atoms with van der Waals surface area (Å²) in [6.07, 6.45) is 0.590. The molecule has 0 aliphatic carbocycles. The Labute approximate surface area is 148 Å². The first kappa shape index (κ1) is 20.1. The van der Waals surface area contributed by atoms with Gasteiger partial charge in [-0.3, -0.25) is 4.79 Å². The maximum absolute atomic E-state index is 12.1. The Bertz CT molecular complexity index is 652. The third-order valence-electron chi connectivity index (χ3n) is 3.63. The molecule has 0 aliphatic heterocycles. The Morgan fingerprint density at radius 3 is 2.50 bits per heavy atom. The molecule has 0 saturated heterocycles. The number of benzene rings is 1. The van der Waals surface area contributed by atoms with Gasteiger partial charge in [0.25, 0.3) is 0 Å². The lowest BCUT2D eigenvalue weighted by molar-refractivity contribution is -0.125. The Balaban J connectivity index is 0.00000288. The molecule has 0 fully saturated rings. The van der Waals surface area contributed by atoms with E-state index in [0.717, 1.165) is 5.56 Å². The molecule has 6 nitrogen and oxygen atoms in total. The summed E-state index contributed by atoms with van der Waals surface area (Å²) in [5.41, 5.74) is 6.74. The van der Waals surface area contributed by atoms with E-state index < -0.39 is 6.04 Å². The van der Waals surface area contributed by atoms with Crippen LogP contribution in [0.1, 0.15) is 51.0 Å². The molecule has 2 atom stereocenters. The number of nitrogens with one attached hydrogen (secondary N) is 1. The molecule has 2 aromatic rings. The van der Waals surface area contributed by atoms with Gasteiger partial charge in [-0.15, -0.1) is 12.4 Å². The van der Waals surface area contributed by atoms with E-state index in [1.807, 2.05) is 51.1 Å². The van der Waals surface area contributed by atoms with Crippen molar-refractivity contribution in [1.82, 2.24) is 15.5 Å². The molecular weight excluding hydrogens is 328 g/mol. The number of hydrogen-bond acceptors (Lipinski definition) is 5. The van der Waals surface area contributed by atoms with Gasteiger partial charge in [-0.25, -0.2) is 0 Å². The molecule has 7 heteroatoms. The topological polar surface area (TPSA) is 94.0 Å². The van der Waals surface area contributed by atoms with E-state index in [1.54, 1.807) is 6.92 Å². The van der Waals surface area contributed by atoms with E-state index in [0.29, 0.717) is 18.1 Å². The maximum Gasteiger partial charge on any atom is 0.248 e. The lowest BCUT2D eigenvalue weighted by atomic mass is 9.87. The summed E-state index contributed by atoms with van der Waals surface area (Å²) in [6.45, 7) is 7.57. The first-order valence-electron chi connectivity index (χ1n) is 7.69. The molecule has 0 saturated carbocycles. The van der Waals surface area contributed by atoms with Gasteiger partial charge in [0.2, 0.25) is 11.8 Å². The predicted octanol–water partition coefficient (Wildman–Crippen LogP) is 2.63. The zero-order valence-electron chi connectivity index (χ0n) is 14.4. The van der Waals surface area contributed by atoms with Crippen LogP contribution in [0.25, 0.3) is 0 Å².